The highest BCUT2D eigenvalue weighted by Gasteiger charge is 2.29. The number of ether oxygens (including phenoxy) is 1. The minimum atomic E-state index is -0.561. The van der Waals surface area contributed by atoms with Crippen LogP contribution in [0.1, 0.15) is 22.6 Å². The van der Waals surface area contributed by atoms with Crippen molar-refractivity contribution in [2.45, 2.75) is 12.5 Å². The second-order valence-electron chi connectivity index (χ2n) is 6.14. The molecule has 5 heteroatoms. The molecule has 0 spiro atoms. The molecule has 26 heavy (non-hydrogen) atoms. The van der Waals surface area contributed by atoms with Gasteiger partial charge in [-0.25, -0.2) is 4.79 Å². The van der Waals surface area contributed by atoms with Crippen LogP contribution < -0.4 is 5.32 Å². The molecule has 1 amide bonds. The van der Waals surface area contributed by atoms with E-state index in [1.807, 2.05) is 24.3 Å². The number of pyridine rings is 1. The second-order valence-corrected chi connectivity index (χ2v) is 6.14. The number of amides is 1. The summed E-state index contributed by atoms with van der Waals surface area (Å²) in [6, 6.07) is 18.0. The Hall–Kier alpha value is -3.18. The molecule has 2 aromatic carbocycles. The van der Waals surface area contributed by atoms with Gasteiger partial charge in [-0.1, -0.05) is 48.5 Å². The van der Waals surface area contributed by atoms with Gasteiger partial charge in [0.2, 0.25) is 0 Å². The van der Waals surface area contributed by atoms with Crippen molar-refractivity contribution in [2.24, 2.45) is 0 Å². The van der Waals surface area contributed by atoms with Gasteiger partial charge in [0.1, 0.15) is 6.61 Å². The molecular formula is C21H18N2O3. The predicted molar refractivity (Wildman–Crippen MR) is 98.9 cm³/mol. The first-order chi connectivity index (χ1) is 12.8. The summed E-state index contributed by atoms with van der Waals surface area (Å²) in [5, 5.41) is 12.0. The third-order valence-corrected chi connectivity index (χ3v) is 4.66. The van der Waals surface area contributed by atoms with E-state index in [0.29, 0.717) is 11.3 Å². The van der Waals surface area contributed by atoms with Crippen LogP contribution in [0.2, 0.25) is 0 Å². The van der Waals surface area contributed by atoms with E-state index in [0.717, 1.165) is 0 Å². The van der Waals surface area contributed by atoms with E-state index >= 15 is 0 Å². The minimum absolute atomic E-state index is 0.0133. The van der Waals surface area contributed by atoms with Gasteiger partial charge < -0.3 is 9.84 Å². The highest BCUT2D eigenvalue weighted by atomic mass is 16.5. The summed E-state index contributed by atoms with van der Waals surface area (Å²) in [4.78, 5) is 16.2. The zero-order valence-electron chi connectivity index (χ0n) is 14.1. The van der Waals surface area contributed by atoms with Gasteiger partial charge in [-0.2, -0.15) is 0 Å². The van der Waals surface area contributed by atoms with Crippen LogP contribution in [0.4, 0.5) is 10.5 Å². The van der Waals surface area contributed by atoms with Gasteiger partial charge in [0, 0.05) is 17.7 Å². The largest absolute Gasteiger partial charge is 0.448 e. The molecule has 1 aliphatic rings. The fourth-order valence-electron chi connectivity index (χ4n) is 3.42. The van der Waals surface area contributed by atoms with E-state index in [1.54, 1.807) is 12.3 Å². The zero-order valence-corrected chi connectivity index (χ0v) is 14.1. The normalized spacial score (nSPS) is 12.3. The molecular weight excluding hydrogens is 328 g/mol. The summed E-state index contributed by atoms with van der Waals surface area (Å²) < 4.78 is 5.48. The van der Waals surface area contributed by atoms with Gasteiger partial charge >= 0.3 is 6.09 Å². The number of nitrogens with one attached hydrogen (secondary N) is 1. The van der Waals surface area contributed by atoms with Crippen LogP contribution >= 0.6 is 0 Å². The summed E-state index contributed by atoms with van der Waals surface area (Å²) in [6.45, 7) is 0.0656. The molecule has 0 aliphatic heterocycles. The first-order valence-corrected chi connectivity index (χ1v) is 8.43. The Morgan fingerprint density at radius 2 is 1.69 bits per heavy atom. The summed E-state index contributed by atoms with van der Waals surface area (Å²) >= 11 is 0. The van der Waals surface area contributed by atoms with Crippen molar-refractivity contribution >= 4 is 11.8 Å². The highest BCUT2D eigenvalue weighted by molar-refractivity contribution is 5.85. The lowest BCUT2D eigenvalue weighted by molar-refractivity contribution is 0.158. The van der Waals surface area contributed by atoms with Crippen LogP contribution in [0.15, 0.2) is 67.0 Å². The number of aromatic nitrogens is 1. The van der Waals surface area contributed by atoms with Gasteiger partial charge in [0.25, 0.3) is 0 Å². The fourth-order valence-corrected chi connectivity index (χ4v) is 3.42. The smallest absolute Gasteiger partial charge is 0.411 e. The zero-order chi connectivity index (χ0) is 17.9. The minimum Gasteiger partial charge on any atom is -0.448 e. The number of aliphatic hydroxyl groups excluding tert-OH is 1. The first-order valence-electron chi connectivity index (χ1n) is 8.43. The van der Waals surface area contributed by atoms with Crippen LogP contribution in [-0.2, 0) is 11.3 Å². The Morgan fingerprint density at radius 3 is 2.35 bits per heavy atom. The molecule has 4 rings (SSSR count). The van der Waals surface area contributed by atoms with Crippen molar-refractivity contribution in [3.05, 3.63) is 83.7 Å². The van der Waals surface area contributed by atoms with Crippen molar-refractivity contribution in [1.82, 2.24) is 4.98 Å². The van der Waals surface area contributed by atoms with E-state index < -0.39 is 6.09 Å². The van der Waals surface area contributed by atoms with Crippen molar-refractivity contribution in [1.29, 1.82) is 0 Å². The van der Waals surface area contributed by atoms with E-state index in [9.17, 15) is 9.90 Å². The topological polar surface area (TPSA) is 71.5 Å². The average Bonchev–Trinajstić information content (AvgIpc) is 3.01. The lowest BCUT2D eigenvalue weighted by atomic mass is 9.98. The van der Waals surface area contributed by atoms with Crippen molar-refractivity contribution in [2.75, 3.05) is 11.9 Å². The molecule has 130 valence electrons. The molecule has 2 N–H and O–H groups in total. The average molecular weight is 346 g/mol. The molecule has 0 radical (unpaired) electrons. The van der Waals surface area contributed by atoms with Crippen LogP contribution in [0.3, 0.4) is 0 Å². The number of benzene rings is 2. The molecule has 5 nitrogen and oxygen atoms in total. The standard InChI is InChI=1S/C21H18N2O3/c24-12-14-9-10-22-11-20(14)23-21(25)26-13-19-17-7-3-1-5-15(17)16-6-2-4-8-18(16)19/h1-11,19,24H,12-13H2,(H,23,25). The Kier molecular flexibility index (Phi) is 4.37. The predicted octanol–water partition coefficient (Wildman–Crippen LogP) is 3.93. The molecule has 0 saturated heterocycles. The van der Waals surface area contributed by atoms with Gasteiger partial charge in [-0.15, -0.1) is 0 Å². The van der Waals surface area contributed by atoms with Gasteiger partial charge in [-0.05, 0) is 28.3 Å². The Bertz CT molecular complexity index is 910. The van der Waals surface area contributed by atoms with Gasteiger partial charge in [-0.3, -0.25) is 10.3 Å². The van der Waals surface area contributed by atoms with E-state index in [-0.39, 0.29) is 19.1 Å². The number of anilines is 1. The molecule has 1 heterocycles. The monoisotopic (exact) mass is 346 g/mol. The number of aliphatic hydroxyl groups is 1. The SMILES string of the molecule is O=C(Nc1cnccc1CO)OCC1c2ccccc2-c2ccccc21. The Morgan fingerprint density at radius 1 is 1.04 bits per heavy atom. The summed E-state index contributed by atoms with van der Waals surface area (Å²) in [6.07, 6.45) is 2.50. The molecule has 0 bridgehead atoms. The molecule has 1 aromatic heterocycles. The molecule has 0 saturated carbocycles. The van der Waals surface area contributed by atoms with Crippen LogP contribution in [0.25, 0.3) is 11.1 Å². The summed E-state index contributed by atoms with van der Waals surface area (Å²) in [5.41, 5.74) is 5.75. The summed E-state index contributed by atoms with van der Waals surface area (Å²) in [7, 11) is 0. The fraction of sp³-hybridized carbons (Fsp3) is 0.143. The Balaban J connectivity index is 1.50. The number of hydrogen-bond donors (Lipinski definition) is 2. The van der Waals surface area contributed by atoms with Crippen molar-refractivity contribution < 1.29 is 14.6 Å². The third-order valence-electron chi connectivity index (χ3n) is 4.66. The number of carbonyl (C=O) groups is 1. The highest BCUT2D eigenvalue weighted by Crippen LogP contribution is 2.44. The third kappa shape index (κ3) is 2.93. The van der Waals surface area contributed by atoms with Gasteiger partial charge in [0.05, 0.1) is 18.5 Å². The van der Waals surface area contributed by atoms with Crippen LogP contribution in [0.5, 0.6) is 0 Å². The van der Waals surface area contributed by atoms with Crippen LogP contribution in [-0.4, -0.2) is 22.8 Å². The lowest BCUT2D eigenvalue weighted by Gasteiger charge is -2.15. The maximum Gasteiger partial charge on any atom is 0.411 e. The molecule has 0 fully saturated rings. The maximum atomic E-state index is 12.2. The van der Waals surface area contributed by atoms with Gasteiger partial charge in [0.15, 0.2) is 0 Å². The number of rotatable bonds is 4. The lowest BCUT2D eigenvalue weighted by Crippen LogP contribution is -2.18. The molecule has 0 atom stereocenters. The molecule has 0 unspecified atom stereocenters. The van der Waals surface area contributed by atoms with E-state index in [2.05, 4.69) is 34.6 Å². The quantitative estimate of drug-likeness (QED) is 0.751. The van der Waals surface area contributed by atoms with Crippen LogP contribution in [0, 0.1) is 0 Å². The second kappa shape index (κ2) is 6.98. The molecule has 3 aromatic rings. The first kappa shape index (κ1) is 16.3. The summed E-state index contributed by atoms with van der Waals surface area (Å²) in [5.74, 6) is 0.0133. The number of hydrogen-bond acceptors (Lipinski definition) is 4. The van der Waals surface area contributed by atoms with Crippen molar-refractivity contribution in [3.63, 3.8) is 0 Å². The van der Waals surface area contributed by atoms with E-state index in [1.165, 1.54) is 28.5 Å². The van der Waals surface area contributed by atoms with E-state index in [4.69, 9.17) is 4.74 Å². The van der Waals surface area contributed by atoms with Crippen molar-refractivity contribution in [3.8, 4) is 11.1 Å². The maximum absolute atomic E-state index is 12.2. The Labute approximate surface area is 151 Å². The number of nitrogens with zero attached hydrogens (tertiary/aromatic N) is 1. The molecule has 1 aliphatic carbocycles. The number of carbonyl (C=O) groups excluding carboxylic acids is 1. The number of fused-ring (bicyclic) bond motifs is 3.